The van der Waals surface area contributed by atoms with Gasteiger partial charge in [-0.25, -0.2) is 9.37 Å². The highest BCUT2D eigenvalue weighted by atomic mass is 19.1. The van der Waals surface area contributed by atoms with Crippen LogP contribution in [0.15, 0.2) is 24.3 Å². The number of benzene rings is 1. The summed E-state index contributed by atoms with van der Waals surface area (Å²) in [6.45, 7) is 6.29. The summed E-state index contributed by atoms with van der Waals surface area (Å²) in [5.41, 5.74) is 4.93. The highest BCUT2D eigenvalue weighted by Gasteiger charge is 2.16. The van der Waals surface area contributed by atoms with Gasteiger partial charge in [0.25, 0.3) is 5.91 Å². The molecular formula is C20H23FN4O2. The molecule has 7 heteroatoms. The van der Waals surface area contributed by atoms with E-state index in [4.69, 9.17) is 5.11 Å². The lowest BCUT2D eigenvalue weighted by Crippen LogP contribution is -2.27. The molecule has 4 N–H and O–H groups in total. The molecule has 0 radical (unpaired) electrons. The molecule has 2 heterocycles. The molecule has 0 spiro atoms. The Kier molecular flexibility index (Phi) is 5.41. The van der Waals surface area contributed by atoms with Gasteiger partial charge >= 0.3 is 0 Å². The minimum atomic E-state index is -0.342. The summed E-state index contributed by atoms with van der Waals surface area (Å²) in [7, 11) is 0. The van der Waals surface area contributed by atoms with E-state index in [1.54, 1.807) is 12.1 Å². The van der Waals surface area contributed by atoms with Crippen LogP contribution in [0.3, 0.4) is 0 Å². The number of nitrogens with one attached hydrogen (secondary N) is 3. The number of hydrogen-bond acceptors (Lipinski definition) is 4. The monoisotopic (exact) mass is 370 g/mol. The van der Waals surface area contributed by atoms with Gasteiger partial charge in [0.1, 0.15) is 11.5 Å². The van der Waals surface area contributed by atoms with Crippen LogP contribution in [-0.4, -0.2) is 34.1 Å². The molecule has 0 saturated heterocycles. The third-order valence-corrected chi connectivity index (χ3v) is 4.68. The first-order chi connectivity index (χ1) is 12.9. The summed E-state index contributed by atoms with van der Waals surface area (Å²) >= 11 is 0. The van der Waals surface area contributed by atoms with Crippen LogP contribution < -0.4 is 10.6 Å². The zero-order valence-corrected chi connectivity index (χ0v) is 15.6. The molecule has 1 amide bonds. The average Bonchev–Trinajstić information content (AvgIpc) is 2.93. The Morgan fingerprint density at radius 3 is 2.74 bits per heavy atom. The number of pyridine rings is 1. The van der Waals surface area contributed by atoms with Gasteiger partial charge in [-0.15, -0.1) is 0 Å². The van der Waals surface area contributed by atoms with E-state index in [9.17, 15) is 9.18 Å². The predicted octanol–water partition coefficient (Wildman–Crippen LogP) is 2.96. The summed E-state index contributed by atoms with van der Waals surface area (Å²) in [4.78, 5) is 20.1. The van der Waals surface area contributed by atoms with Crippen LogP contribution >= 0.6 is 0 Å². The molecule has 0 bridgehead atoms. The Bertz CT molecular complexity index is 997. The van der Waals surface area contributed by atoms with Crippen molar-refractivity contribution < 1.29 is 14.3 Å². The zero-order valence-electron chi connectivity index (χ0n) is 15.6. The summed E-state index contributed by atoms with van der Waals surface area (Å²) in [6, 6.07) is 6.39. The molecule has 0 fully saturated rings. The number of H-pyrrole nitrogens is 1. The highest BCUT2D eigenvalue weighted by Crippen LogP contribution is 2.28. The van der Waals surface area contributed by atoms with Crippen LogP contribution in [0.2, 0.25) is 0 Å². The van der Waals surface area contributed by atoms with Gasteiger partial charge in [-0.3, -0.25) is 4.79 Å². The number of nitrogens with zero attached hydrogens (tertiary/aromatic N) is 1. The van der Waals surface area contributed by atoms with Crippen molar-refractivity contribution in [2.75, 3.05) is 18.5 Å². The van der Waals surface area contributed by atoms with E-state index in [2.05, 4.69) is 20.6 Å². The van der Waals surface area contributed by atoms with Crippen LogP contribution in [0.5, 0.6) is 0 Å². The lowest BCUT2D eigenvalue weighted by Gasteiger charge is -2.11. The maximum atomic E-state index is 13.3. The number of rotatable bonds is 6. The SMILES string of the molecule is Cc1cc(F)ccc1CNc1nc(C(=O)NCCO)cc2c(C)c(C)[nH]c12. The van der Waals surface area contributed by atoms with Crippen molar-refractivity contribution in [2.24, 2.45) is 0 Å². The lowest BCUT2D eigenvalue weighted by atomic mass is 10.1. The maximum absolute atomic E-state index is 13.3. The Morgan fingerprint density at radius 2 is 2.04 bits per heavy atom. The van der Waals surface area contributed by atoms with Crippen molar-refractivity contribution in [1.29, 1.82) is 0 Å². The number of aryl methyl sites for hydroxylation is 3. The molecule has 0 aliphatic rings. The van der Waals surface area contributed by atoms with Crippen molar-refractivity contribution in [1.82, 2.24) is 15.3 Å². The van der Waals surface area contributed by atoms with Crippen molar-refractivity contribution in [3.63, 3.8) is 0 Å². The van der Waals surface area contributed by atoms with Gasteiger partial charge in [0.05, 0.1) is 12.1 Å². The zero-order chi connectivity index (χ0) is 19.6. The Labute approximate surface area is 156 Å². The third-order valence-electron chi connectivity index (χ3n) is 4.68. The van der Waals surface area contributed by atoms with Gasteiger partial charge in [-0.05, 0) is 55.7 Å². The number of carbonyl (C=O) groups excluding carboxylic acids is 1. The summed E-state index contributed by atoms with van der Waals surface area (Å²) < 4.78 is 13.3. The molecule has 6 nitrogen and oxygen atoms in total. The fraction of sp³-hybridized carbons (Fsp3) is 0.300. The number of aromatic amines is 1. The van der Waals surface area contributed by atoms with Crippen molar-refractivity contribution in [3.05, 3.63) is 58.2 Å². The topological polar surface area (TPSA) is 90.0 Å². The molecule has 0 aliphatic carbocycles. The van der Waals surface area contributed by atoms with Crippen molar-refractivity contribution >= 4 is 22.6 Å². The second-order valence-corrected chi connectivity index (χ2v) is 6.56. The van der Waals surface area contributed by atoms with E-state index in [1.807, 2.05) is 20.8 Å². The summed E-state index contributed by atoms with van der Waals surface area (Å²) in [6.07, 6.45) is 0. The quantitative estimate of drug-likeness (QED) is 0.537. The molecular weight excluding hydrogens is 347 g/mol. The fourth-order valence-corrected chi connectivity index (χ4v) is 2.99. The van der Waals surface area contributed by atoms with E-state index in [1.165, 1.54) is 12.1 Å². The molecule has 2 aromatic heterocycles. The van der Waals surface area contributed by atoms with Crippen LogP contribution in [0.1, 0.15) is 32.9 Å². The number of aromatic nitrogens is 2. The Hall–Kier alpha value is -2.93. The highest BCUT2D eigenvalue weighted by molar-refractivity contribution is 6.00. The number of anilines is 1. The summed E-state index contributed by atoms with van der Waals surface area (Å²) in [5.74, 6) is -0.0540. The summed E-state index contributed by atoms with van der Waals surface area (Å²) in [5, 5.41) is 15.7. The molecule has 0 atom stereocenters. The average molecular weight is 370 g/mol. The smallest absolute Gasteiger partial charge is 0.270 e. The minimum absolute atomic E-state index is 0.134. The first-order valence-corrected chi connectivity index (χ1v) is 8.78. The van der Waals surface area contributed by atoms with E-state index in [0.29, 0.717) is 12.4 Å². The largest absolute Gasteiger partial charge is 0.395 e. The first kappa shape index (κ1) is 18.8. The van der Waals surface area contributed by atoms with Gasteiger partial charge in [0, 0.05) is 24.2 Å². The Morgan fingerprint density at radius 1 is 1.26 bits per heavy atom. The van der Waals surface area contributed by atoms with Crippen LogP contribution in [-0.2, 0) is 6.54 Å². The number of halogens is 1. The van der Waals surface area contributed by atoms with Crippen LogP contribution in [0.25, 0.3) is 10.9 Å². The number of carbonyl (C=O) groups is 1. The van der Waals surface area contributed by atoms with Crippen LogP contribution in [0.4, 0.5) is 10.2 Å². The maximum Gasteiger partial charge on any atom is 0.270 e. The molecule has 142 valence electrons. The van der Waals surface area contributed by atoms with Gasteiger partial charge in [-0.2, -0.15) is 0 Å². The first-order valence-electron chi connectivity index (χ1n) is 8.78. The molecule has 1 aromatic carbocycles. The van der Waals surface area contributed by atoms with Gasteiger partial charge in [0.15, 0.2) is 5.82 Å². The van der Waals surface area contributed by atoms with Gasteiger partial charge in [0.2, 0.25) is 0 Å². The minimum Gasteiger partial charge on any atom is -0.395 e. The van der Waals surface area contributed by atoms with E-state index >= 15 is 0 Å². The van der Waals surface area contributed by atoms with Gasteiger partial charge in [-0.1, -0.05) is 6.07 Å². The van der Waals surface area contributed by atoms with E-state index < -0.39 is 0 Å². The fourth-order valence-electron chi connectivity index (χ4n) is 2.99. The number of aliphatic hydroxyl groups is 1. The third kappa shape index (κ3) is 3.93. The Balaban J connectivity index is 1.97. The number of amides is 1. The standard InChI is InChI=1S/C20H23FN4O2/c1-11-8-15(21)5-4-14(11)10-23-19-18-16(12(2)13(3)24-18)9-17(25-19)20(27)22-6-7-26/h4-5,8-9,24,26H,6-7,10H2,1-3H3,(H,22,27)(H,23,25). The van der Waals surface area contributed by atoms with Crippen molar-refractivity contribution in [2.45, 2.75) is 27.3 Å². The predicted molar refractivity (Wildman–Crippen MR) is 103 cm³/mol. The molecule has 0 aliphatic heterocycles. The second kappa shape index (κ2) is 7.75. The molecule has 3 rings (SSSR count). The van der Waals surface area contributed by atoms with Gasteiger partial charge < -0.3 is 20.7 Å². The van der Waals surface area contributed by atoms with Crippen molar-refractivity contribution in [3.8, 4) is 0 Å². The molecule has 0 unspecified atom stereocenters. The van der Waals surface area contributed by atoms with E-state index in [0.717, 1.165) is 33.3 Å². The lowest BCUT2D eigenvalue weighted by molar-refractivity contribution is 0.0940. The molecule has 27 heavy (non-hydrogen) atoms. The normalized spacial score (nSPS) is 11.0. The van der Waals surface area contributed by atoms with Crippen LogP contribution in [0, 0.1) is 26.6 Å². The molecule has 3 aromatic rings. The van der Waals surface area contributed by atoms with E-state index in [-0.39, 0.29) is 30.6 Å². The number of hydrogen-bond donors (Lipinski definition) is 4. The number of fused-ring (bicyclic) bond motifs is 1. The second-order valence-electron chi connectivity index (χ2n) is 6.56. The number of aliphatic hydroxyl groups excluding tert-OH is 1. The molecule has 0 saturated carbocycles.